The fourth-order valence-corrected chi connectivity index (χ4v) is 0.842. The highest BCUT2D eigenvalue weighted by Gasteiger charge is 2.32. The Balaban J connectivity index is 2.84. The maximum absolute atomic E-state index is 11.8. The quantitative estimate of drug-likeness (QED) is 0.713. The second kappa shape index (κ2) is 4.19. The summed E-state index contributed by atoms with van der Waals surface area (Å²) in [4.78, 5) is 0. The van der Waals surface area contributed by atoms with Crippen LogP contribution in [0.15, 0.2) is 24.3 Å². The number of hydrogen-bond donors (Lipinski definition) is 0. The standard InChI is InChI=1S/C8H6F3O3/c9-8(10,11)14-7-4-2-1-3-6(7)13-5-12/h1-4H,5H2. The zero-order valence-corrected chi connectivity index (χ0v) is 6.88. The van der Waals surface area contributed by atoms with Crippen LogP contribution < -0.4 is 9.47 Å². The molecule has 0 saturated heterocycles. The number of para-hydroxylation sites is 2. The van der Waals surface area contributed by atoms with Gasteiger partial charge in [0, 0.05) is 0 Å². The van der Waals surface area contributed by atoms with Crippen LogP contribution in [0.1, 0.15) is 0 Å². The minimum atomic E-state index is -4.79. The van der Waals surface area contributed by atoms with Gasteiger partial charge in [0.05, 0.1) is 0 Å². The molecular weight excluding hydrogens is 201 g/mol. The van der Waals surface area contributed by atoms with Crippen molar-refractivity contribution in [2.45, 2.75) is 6.36 Å². The van der Waals surface area contributed by atoms with Crippen LogP contribution in [0.4, 0.5) is 13.2 Å². The second-order valence-corrected chi connectivity index (χ2v) is 2.26. The Morgan fingerprint density at radius 1 is 1.14 bits per heavy atom. The van der Waals surface area contributed by atoms with Gasteiger partial charge < -0.3 is 9.47 Å². The Morgan fingerprint density at radius 3 is 2.21 bits per heavy atom. The third-order valence-electron chi connectivity index (χ3n) is 1.29. The lowest BCUT2D eigenvalue weighted by Crippen LogP contribution is -2.17. The number of hydrogen-bond acceptors (Lipinski definition) is 2. The fraction of sp³-hybridized carbons (Fsp3) is 0.250. The van der Waals surface area contributed by atoms with Gasteiger partial charge in [-0.2, -0.15) is 5.11 Å². The van der Waals surface area contributed by atoms with E-state index in [-0.39, 0.29) is 5.75 Å². The van der Waals surface area contributed by atoms with E-state index < -0.39 is 18.9 Å². The molecule has 0 fully saturated rings. The molecule has 0 aliphatic rings. The van der Waals surface area contributed by atoms with Gasteiger partial charge in [-0.3, -0.25) is 0 Å². The van der Waals surface area contributed by atoms with Crippen molar-refractivity contribution in [3.63, 3.8) is 0 Å². The monoisotopic (exact) mass is 207 g/mol. The molecule has 14 heavy (non-hydrogen) atoms. The Morgan fingerprint density at radius 2 is 1.71 bits per heavy atom. The summed E-state index contributed by atoms with van der Waals surface area (Å²) in [6.07, 6.45) is -4.79. The van der Waals surface area contributed by atoms with Crippen molar-refractivity contribution in [3.8, 4) is 11.5 Å². The Hall–Kier alpha value is -1.43. The predicted molar refractivity (Wildman–Crippen MR) is 39.3 cm³/mol. The average molecular weight is 207 g/mol. The van der Waals surface area contributed by atoms with Crippen molar-refractivity contribution < 1.29 is 27.8 Å². The van der Waals surface area contributed by atoms with Crippen molar-refractivity contribution >= 4 is 0 Å². The van der Waals surface area contributed by atoms with E-state index in [1.165, 1.54) is 18.2 Å². The highest BCUT2D eigenvalue weighted by molar-refractivity contribution is 5.39. The molecule has 3 nitrogen and oxygen atoms in total. The van der Waals surface area contributed by atoms with E-state index >= 15 is 0 Å². The summed E-state index contributed by atoms with van der Waals surface area (Å²) in [5.41, 5.74) is 0. The summed E-state index contributed by atoms with van der Waals surface area (Å²) in [6, 6.07) is 5.07. The van der Waals surface area contributed by atoms with Crippen LogP contribution in [-0.2, 0) is 5.11 Å². The molecule has 1 aromatic carbocycles. The van der Waals surface area contributed by atoms with Crippen molar-refractivity contribution in [2.24, 2.45) is 0 Å². The lowest BCUT2D eigenvalue weighted by molar-refractivity contribution is -0.275. The van der Waals surface area contributed by atoms with Gasteiger partial charge in [0.2, 0.25) is 6.79 Å². The minimum Gasteiger partial charge on any atom is -0.461 e. The summed E-state index contributed by atoms with van der Waals surface area (Å²) in [5, 5.41) is 10.1. The minimum absolute atomic E-state index is 0.222. The van der Waals surface area contributed by atoms with E-state index in [1.54, 1.807) is 0 Å². The molecule has 6 heteroatoms. The number of alkyl halides is 3. The molecule has 0 atom stereocenters. The number of rotatable bonds is 3. The molecule has 0 aliphatic heterocycles. The molecule has 1 aromatic rings. The number of ether oxygens (including phenoxy) is 2. The molecule has 0 amide bonds. The highest BCUT2D eigenvalue weighted by Crippen LogP contribution is 2.31. The summed E-state index contributed by atoms with van der Waals surface area (Å²) in [5.74, 6) is -0.740. The van der Waals surface area contributed by atoms with Gasteiger partial charge in [0.15, 0.2) is 11.5 Å². The SMILES string of the molecule is [O]COc1ccccc1OC(F)(F)F. The van der Waals surface area contributed by atoms with Gasteiger partial charge in [0.25, 0.3) is 0 Å². The zero-order chi connectivity index (χ0) is 10.6. The molecule has 1 radical (unpaired) electrons. The van der Waals surface area contributed by atoms with Crippen molar-refractivity contribution in [3.05, 3.63) is 24.3 Å². The van der Waals surface area contributed by atoms with Gasteiger partial charge in [-0.05, 0) is 12.1 Å². The van der Waals surface area contributed by atoms with E-state index in [1.807, 2.05) is 0 Å². The first-order valence-corrected chi connectivity index (χ1v) is 3.58. The first-order valence-electron chi connectivity index (χ1n) is 3.58. The predicted octanol–water partition coefficient (Wildman–Crippen LogP) is 2.35. The molecule has 77 valence electrons. The maximum Gasteiger partial charge on any atom is 0.573 e. The van der Waals surface area contributed by atoms with Crippen LogP contribution in [-0.4, -0.2) is 13.2 Å². The summed E-state index contributed by atoms with van der Waals surface area (Å²) in [6.45, 7) is -0.960. The van der Waals surface area contributed by atoms with Crippen LogP contribution in [0, 0.1) is 0 Å². The van der Waals surface area contributed by atoms with Crippen molar-refractivity contribution in [1.82, 2.24) is 0 Å². The summed E-state index contributed by atoms with van der Waals surface area (Å²) < 4.78 is 43.4. The largest absolute Gasteiger partial charge is 0.573 e. The van der Waals surface area contributed by atoms with Gasteiger partial charge in [0.1, 0.15) is 0 Å². The molecule has 0 heterocycles. The number of benzene rings is 1. The Bertz CT molecular complexity index is 298. The smallest absolute Gasteiger partial charge is 0.461 e. The van der Waals surface area contributed by atoms with Gasteiger partial charge >= 0.3 is 6.36 Å². The molecule has 0 N–H and O–H groups in total. The maximum atomic E-state index is 11.8. The molecular formula is C8H6F3O3. The van der Waals surface area contributed by atoms with E-state index in [9.17, 15) is 18.3 Å². The van der Waals surface area contributed by atoms with E-state index in [0.29, 0.717) is 0 Å². The van der Waals surface area contributed by atoms with Crippen LogP contribution >= 0.6 is 0 Å². The summed E-state index contributed by atoms with van der Waals surface area (Å²) >= 11 is 0. The normalized spacial score (nSPS) is 11.1. The third-order valence-corrected chi connectivity index (χ3v) is 1.29. The Labute approximate surface area is 77.7 Å². The van der Waals surface area contributed by atoms with E-state index in [4.69, 9.17) is 0 Å². The number of halogens is 3. The van der Waals surface area contributed by atoms with Crippen molar-refractivity contribution in [1.29, 1.82) is 0 Å². The van der Waals surface area contributed by atoms with E-state index in [0.717, 1.165) is 6.07 Å². The van der Waals surface area contributed by atoms with Crippen LogP contribution in [0.25, 0.3) is 0 Å². The molecule has 0 unspecified atom stereocenters. The lowest BCUT2D eigenvalue weighted by atomic mass is 10.3. The molecule has 1 rings (SSSR count). The average Bonchev–Trinajstić information content (AvgIpc) is 2.06. The van der Waals surface area contributed by atoms with Gasteiger partial charge in [-0.1, -0.05) is 12.1 Å². The topological polar surface area (TPSA) is 38.4 Å². The van der Waals surface area contributed by atoms with Crippen LogP contribution in [0.2, 0.25) is 0 Å². The molecule has 0 bridgehead atoms. The zero-order valence-electron chi connectivity index (χ0n) is 6.88. The van der Waals surface area contributed by atoms with Gasteiger partial charge in [-0.25, -0.2) is 0 Å². The molecule has 0 saturated carbocycles. The molecule has 0 aliphatic carbocycles. The Kier molecular flexibility index (Phi) is 3.19. The highest BCUT2D eigenvalue weighted by atomic mass is 19.4. The van der Waals surface area contributed by atoms with Crippen molar-refractivity contribution in [2.75, 3.05) is 6.79 Å². The first-order chi connectivity index (χ1) is 6.53. The lowest BCUT2D eigenvalue weighted by Gasteiger charge is -2.11. The molecule has 0 spiro atoms. The van der Waals surface area contributed by atoms with Gasteiger partial charge in [-0.15, -0.1) is 13.2 Å². The fourth-order valence-electron chi connectivity index (χ4n) is 0.842. The first kappa shape index (κ1) is 10.6. The summed E-state index contributed by atoms with van der Waals surface area (Å²) in [7, 11) is 0. The second-order valence-electron chi connectivity index (χ2n) is 2.26. The van der Waals surface area contributed by atoms with Crippen LogP contribution in [0.3, 0.4) is 0 Å². The molecule has 0 aromatic heterocycles. The van der Waals surface area contributed by atoms with Crippen LogP contribution in [0.5, 0.6) is 11.5 Å². The van der Waals surface area contributed by atoms with E-state index in [2.05, 4.69) is 9.47 Å². The third kappa shape index (κ3) is 3.14.